The highest BCUT2D eigenvalue weighted by molar-refractivity contribution is 7.20. The fraction of sp³-hybridized carbons (Fsp3) is 0.278. The Morgan fingerprint density at radius 3 is 2.68 bits per heavy atom. The fourth-order valence-electron chi connectivity index (χ4n) is 2.41. The van der Waals surface area contributed by atoms with Gasteiger partial charge >= 0.3 is 5.97 Å². The third kappa shape index (κ3) is 3.71. The lowest BCUT2D eigenvalue weighted by molar-refractivity contribution is -0.123. The number of hydrogen-bond donors (Lipinski definition) is 1. The van der Waals surface area contributed by atoms with Gasteiger partial charge in [0.1, 0.15) is 10.7 Å². The van der Waals surface area contributed by atoms with Crippen LogP contribution in [0.4, 0.5) is 5.82 Å². The minimum atomic E-state index is -0.909. The van der Waals surface area contributed by atoms with Crippen molar-refractivity contribution in [1.82, 2.24) is 9.78 Å². The minimum absolute atomic E-state index is 0.113. The van der Waals surface area contributed by atoms with Crippen LogP contribution in [0.5, 0.6) is 0 Å². The van der Waals surface area contributed by atoms with Crippen molar-refractivity contribution < 1.29 is 14.3 Å². The smallest absolute Gasteiger partial charge is 0.349 e. The van der Waals surface area contributed by atoms with Gasteiger partial charge in [0.2, 0.25) is 0 Å². The zero-order valence-corrected chi connectivity index (χ0v) is 15.0. The van der Waals surface area contributed by atoms with E-state index in [1.165, 1.54) is 11.3 Å². The summed E-state index contributed by atoms with van der Waals surface area (Å²) in [6.45, 7) is 5.48. The van der Waals surface area contributed by atoms with Crippen molar-refractivity contribution in [1.29, 1.82) is 0 Å². The molecule has 130 valence electrons. The lowest BCUT2D eigenvalue weighted by Crippen LogP contribution is -2.30. The van der Waals surface area contributed by atoms with E-state index in [0.29, 0.717) is 10.7 Å². The molecule has 3 aromatic rings. The summed E-state index contributed by atoms with van der Waals surface area (Å²) in [5.41, 5.74) is 0. The standard InChI is InChI=1S/C18H19N3O3S/c1-11(2)21-16(8-9-19-21)20-17(22)12(3)24-18(23)15-10-13-6-4-5-7-14(13)25-15/h4-12H,1-3H3,(H,20,22)/t12-/m1/s1. The van der Waals surface area contributed by atoms with E-state index in [4.69, 9.17) is 4.74 Å². The number of fused-ring (bicyclic) bond motifs is 1. The highest BCUT2D eigenvalue weighted by Crippen LogP contribution is 2.26. The lowest BCUT2D eigenvalue weighted by Gasteiger charge is -2.15. The number of nitrogens with one attached hydrogen (secondary N) is 1. The molecule has 7 heteroatoms. The van der Waals surface area contributed by atoms with Gasteiger partial charge in [0.05, 0.1) is 6.20 Å². The van der Waals surface area contributed by atoms with Crippen molar-refractivity contribution in [3.05, 3.63) is 47.5 Å². The van der Waals surface area contributed by atoms with E-state index in [0.717, 1.165) is 10.1 Å². The number of rotatable bonds is 5. The molecular weight excluding hydrogens is 338 g/mol. The Hall–Kier alpha value is -2.67. The third-order valence-electron chi connectivity index (χ3n) is 3.69. The van der Waals surface area contributed by atoms with Gasteiger partial charge in [0.25, 0.3) is 5.91 Å². The molecule has 1 aromatic carbocycles. The molecule has 0 aliphatic rings. The Labute approximate surface area is 149 Å². The predicted molar refractivity (Wildman–Crippen MR) is 97.9 cm³/mol. The van der Waals surface area contributed by atoms with Crippen molar-refractivity contribution in [2.45, 2.75) is 32.9 Å². The molecule has 3 rings (SSSR count). The first-order chi connectivity index (χ1) is 12.0. The van der Waals surface area contributed by atoms with Crippen molar-refractivity contribution in [2.75, 3.05) is 5.32 Å². The average molecular weight is 357 g/mol. The predicted octanol–water partition coefficient (Wildman–Crippen LogP) is 3.86. The summed E-state index contributed by atoms with van der Waals surface area (Å²) in [6.07, 6.45) is 0.706. The number of anilines is 1. The Morgan fingerprint density at radius 1 is 1.20 bits per heavy atom. The molecule has 0 aliphatic carbocycles. The SMILES string of the molecule is CC(C)n1nccc1NC(=O)[C@@H](C)OC(=O)c1cc2ccccc2s1. The van der Waals surface area contributed by atoms with Crippen LogP contribution in [-0.2, 0) is 9.53 Å². The van der Waals surface area contributed by atoms with E-state index < -0.39 is 18.0 Å². The molecule has 1 amide bonds. The quantitative estimate of drug-likeness (QED) is 0.704. The second kappa shape index (κ2) is 7.06. The summed E-state index contributed by atoms with van der Waals surface area (Å²) >= 11 is 1.35. The summed E-state index contributed by atoms with van der Waals surface area (Å²) in [6, 6.07) is 11.3. The van der Waals surface area contributed by atoms with Crippen molar-refractivity contribution >= 4 is 39.1 Å². The highest BCUT2D eigenvalue weighted by atomic mass is 32.1. The van der Waals surface area contributed by atoms with Gasteiger partial charge in [-0.1, -0.05) is 18.2 Å². The lowest BCUT2D eigenvalue weighted by atomic mass is 10.2. The zero-order valence-electron chi connectivity index (χ0n) is 14.2. The number of aromatic nitrogens is 2. The summed E-state index contributed by atoms with van der Waals surface area (Å²) in [5.74, 6) is -0.317. The van der Waals surface area contributed by atoms with E-state index in [1.807, 2.05) is 38.1 Å². The summed E-state index contributed by atoms with van der Waals surface area (Å²) in [4.78, 5) is 25.1. The normalized spacial score (nSPS) is 12.3. The van der Waals surface area contributed by atoms with Crippen LogP contribution in [0, 0.1) is 0 Å². The molecule has 0 unspecified atom stereocenters. The molecule has 0 bridgehead atoms. The molecule has 0 saturated heterocycles. The molecule has 6 nitrogen and oxygen atoms in total. The average Bonchev–Trinajstić information content (AvgIpc) is 3.20. The number of carbonyl (C=O) groups is 2. The van der Waals surface area contributed by atoms with Crippen LogP contribution >= 0.6 is 11.3 Å². The first kappa shape index (κ1) is 17.2. The Kier molecular flexibility index (Phi) is 4.85. The molecule has 2 heterocycles. The zero-order chi connectivity index (χ0) is 18.0. The van der Waals surface area contributed by atoms with E-state index in [-0.39, 0.29) is 6.04 Å². The fourth-order valence-corrected chi connectivity index (χ4v) is 3.35. The summed E-state index contributed by atoms with van der Waals surface area (Å²) < 4.78 is 8.01. The number of amides is 1. The van der Waals surface area contributed by atoms with Crippen LogP contribution in [0.25, 0.3) is 10.1 Å². The maximum absolute atomic E-state index is 12.3. The molecule has 1 N–H and O–H groups in total. The first-order valence-corrected chi connectivity index (χ1v) is 8.81. The molecule has 0 aliphatic heterocycles. The van der Waals surface area contributed by atoms with Gasteiger partial charge in [-0.25, -0.2) is 9.48 Å². The van der Waals surface area contributed by atoms with Crippen molar-refractivity contribution in [2.24, 2.45) is 0 Å². The monoisotopic (exact) mass is 357 g/mol. The van der Waals surface area contributed by atoms with E-state index >= 15 is 0 Å². The first-order valence-electron chi connectivity index (χ1n) is 7.99. The Balaban J connectivity index is 1.66. The summed E-state index contributed by atoms with van der Waals surface area (Å²) in [5, 5.41) is 7.88. The number of benzene rings is 1. The number of ether oxygens (including phenoxy) is 1. The number of hydrogen-bond acceptors (Lipinski definition) is 5. The van der Waals surface area contributed by atoms with Gasteiger partial charge in [-0.15, -0.1) is 11.3 Å². The van der Waals surface area contributed by atoms with Crippen LogP contribution in [0.2, 0.25) is 0 Å². The summed E-state index contributed by atoms with van der Waals surface area (Å²) in [7, 11) is 0. The van der Waals surface area contributed by atoms with E-state index in [2.05, 4.69) is 10.4 Å². The number of nitrogens with zero attached hydrogens (tertiary/aromatic N) is 2. The van der Waals surface area contributed by atoms with E-state index in [1.54, 1.807) is 29.9 Å². The van der Waals surface area contributed by atoms with Gasteiger partial charge in [-0.3, -0.25) is 4.79 Å². The largest absolute Gasteiger partial charge is 0.448 e. The van der Waals surface area contributed by atoms with E-state index in [9.17, 15) is 9.59 Å². The molecule has 0 saturated carbocycles. The van der Waals surface area contributed by atoms with Gasteiger partial charge in [-0.05, 0) is 38.3 Å². The van der Waals surface area contributed by atoms with Crippen molar-refractivity contribution in [3.8, 4) is 0 Å². The highest BCUT2D eigenvalue weighted by Gasteiger charge is 2.21. The molecular formula is C18H19N3O3S. The van der Waals surface area contributed by atoms with Crippen LogP contribution in [0.15, 0.2) is 42.6 Å². The third-order valence-corrected chi connectivity index (χ3v) is 4.79. The molecule has 2 aromatic heterocycles. The van der Waals surface area contributed by atoms with Gasteiger partial charge in [-0.2, -0.15) is 5.10 Å². The second-order valence-corrected chi connectivity index (χ2v) is 7.02. The second-order valence-electron chi connectivity index (χ2n) is 5.94. The molecule has 0 fully saturated rings. The maximum atomic E-state index is 12.3. The molecule has 1 atom stereocenters. The molecule has 25 heavy (non-hydrogen) atoms. The maximum Gasteiger partial charge on any atom is 0.349 e. The van der Waals surface area contributed by atoms with Crippen molar-refractivity contribution in [3.63, 3.8) is 0 Å². The van der Waals surface area contributed by atoms with Crippen LogP contribution in [-0.4, -0.2) is 27.8 Å². The van der Waals surface area contributed by atoms with Gasteiger partial charge in [0, 0.05) is 16.8 Å². The Morgan fingerprint density at radius 2 is 1.96 bits per heavy atom. The molecule has 0 spiro atoms. The van der Waals surface area contributed by atoms with Gasteiger partial charge < -0.3 is 10.1 Å². The molecule has 0 radical (unpaired) electrons. The Bertz CT molecular complexity index is 880. The number of thiophene rings is 1. The number of carbonyl (C=O) groups excluding carboxylic acids is 2. The van der Waals surface area contributed by atoms with Crippen LogP contribution < -0.4 is 5.32 Å². The number of esters is 1. The van der Waals surface area contributed by atoms with Crippen LogP contribution in [0.1, 0.15) is 36.5 Å². The van der Waals surface area contributed by atoms with Crippen LogP contribution in [0.3, 0.4) is 0 Å². The van der Waals surface area contributed by atoms with Gasteiger partial charge in [0.15, 0.2) is 6.10 Å². The minimum Gasteiger partial charge on any atom is -0.448 e. The topological polar surface area (TPSA) is 73.2 Å².